The monoisotopic (exact) mass is 505 g/mol. The Hall–Kier alpha value is -1.97. The van der Waals surface area contributed by atoms with Crippen LogP contribution >= 0.6 is 22.9 Å². The van der Waals surface area contributed by atoms with Gasteiger partial charge in [-0.3, -0.25) is 4.79 Å². The van der Waals surface area contributed by atoms with E-state index in [1.165, 1.54) is 23.1 Å². The Kier molecular flexibility index (Phi) is 8.26. The van der Waals surface area contributed by atoms with Crippen molar-refractivity contribution in [1.29, 1.82) is 0 Å². The minimum Gasteiger partial charge on any atom is -0.469 e. The second-order valence-corrected chi connectivity index (χ2v) is 9.91. The summed E-state index contributed by atoms with van der Waals surface area (Å²) in [5, 5.41) is 7.34. The van der Waals surface area contributed by atoms with Gasteiger partial charge in [0.25, 0.3) is 0 Å². The van der Waals surface area contributed by atoms with Crippen molar-refractivity contribution in [2.45, 2.75) is 64.3 Å². The van der Waals surface area contributed by atoms with Gasteiger partial charge in [-0.25, -0.2) is 10.5 Å². The second kappa shape index (κ2) is 11.2. The van der Waals surface area contributed by atoms with E-state index >= 15 is 0 Å². The lowest BCUT2D eigenvalue weighted by atomic mass is 9.94. The molecule has 2 aliphatic rings. The summed E-state index contributed by atoms with van der Waals surface area (Å²) in [4.78, 5) is 14.7. The molecule has 3 unspecified atom stereocenters. The first-order chi connectivity index (χ1) is 16.5. The van der Waals surface area contributed by atoms with Gasteiger partial charge in [0.05, 0.1) is 31.5 Å². The molecule has 7 nitrogen and oxygen atoms in total. The van der Waals surface area contributed by atoms with Gasteiger partial charge in [-0.2, -0.15) is 5.10 Å². The Bertz CT molecular complexity index is 1040. The molecule has 34 heavy (non-hydrogen) atoms. The molecule has 184 valence electrons. The second-order valence-electron chi connectivity index (χ2n) is 8.42. The van der Waals surface area contributed by atoms with Crippen LogP contribution in [-0.4, -0.2) is 50.0 Å². The van der Waals surface area contributed by atoms with Crippen LogP contribution in [0.25, 0.3) is 0 Å². The van der Waals surface area contributed by atoms with E-state index in [0.717, 1.165) is 23.3 Å². The molecule has 0 fully saturated rings. The van der Waals surface area contributed by atoms with Crippen molar-refractivity contribution >= 4 is 35.1 Å². The molecule has 9 heteroatoms. The van der Waals surface area contributed by atoms with E-state index in [4.69, 9.17) is 30.9 Å². The van der Waals surface area contributed by atoms with E-state index in [9.17, 15) is 4.79 Å². The van der Waals surface area contributed by atoms with Crippen molar-refractivity contribution in [3.8, 4) is 0 Å². The minimum absolute atomic E-state index is 0.103. The van der Waals surface area contributed by atoms with Crippen molar-refractivity contribution in [3.05, 3.63) is 55.7 Å². The molecule has 1 aliphatic heterocycles. The molecular formula is C25H32ClN3O4S. The number of nitrogens with one attached hydrogen (secondary N) is 1. The van der Waals surface area contributed by atoms with Crippen LogP contribution in [0.4, 0.5) is 0 Å². The maximum atomic E-state index is 12.5. The van der Waals surface area contributed by atoms with Crippen molar-refractivity contribution in [2.75, 3.05) is 20.3 Å². The smallest absolute Gasteiger partial charge is 0.313 e. The first-order valence-corrected chi connectivity index (χ1v) is 12.9. The van der Waals surface area contributed by atoms with E-state index in [1.807, 2.05) is 56.4 Å². The molecule has 2 heterocycles. The number of hydrogen-bond acceptors (Lipinski definition) is 8. The van der Waals surface area contributed by atoms with Gasteiger partial charge < -0.3 is 14.2 Å². The summed E-state index contributed by atoms with van der Waals surface area (Å²) in [5.41, 5.74) is 6.89. The van der Waals surface area contributed by atoms with Crippen molar-refractivity contribution in [1.82, 2.24) is 10.5 Å². The average Bonchev–Trinajstić information content (AvgIpc) is 3.34. The fraction of sp³-hybridized carbons (Fsp3) is 0.520. The summed E-state index contributed by atoms with van der Waals surface area (Å²) in [6.45, 7) is 7.62. The lowest BCUT2D eigenvalue weighted by Crippen LogP contribution is -2.47. The fourth-order valence-corrected chi connectivity index (χ4v) is 6.52. The molecule has 0 saturated heterocycles. The quantitative estimate of drug-likeness (QED) is 0.389. The SMILES string of the molecule is CCOC(OCC)C(C)NN1Cc2c(sc3c2CCC3C(=O)OC)C(c2ccccc2Cl)C=N1. The summed E-state index contributed by atoms with van der Waals surface area (Å²) in [5.74, 6) is -0.478. The molecule has 4 rings (SSSR count). The van der Waals surface area contributed by atoms with E-state index in [-0.39, 0.29) is 30.1 Å². The third-order valence-corrected chi connectivity index (χ3v) is 8.09. The van der Waals surface area contributed by atoms with Gasteiger partial charge in [-0.15, -0.1) is 11.3 Å². The number of benzene rings is 1. The minimum atomic E-state index is -0.385. The molecule has 0 amide bonds. The summed E-state index contributed by atoms with van der Waals surface area (Å²) in [7, 11) is 1.46. The van der Waals surface area contributed by atoms with Crippen LogP contribution in [0.15, 0.2) is 29.4 Å². The molecule has 1 aromatic carbocycles. The third kappa shape index (κ3) is 5.02. The van der Waals surface area contributed by atoms with Crippen LogP contribution in [0.3, 0.4) is 0 Å². The first-order valence-electron chi connectivity index (χ1n) is 11.8. The number of halogens is 1. The highest BCUT2D eigenvalue weighted by Crippen LogP contribution is 2.48. The summed E-state index contributed by atoms with van der Waals surface area (Å²) in [6, 6.07) is 7.74. The molecule has 1 aromatic heterocycles. The van der Waals surface area contributed by atoms with Gasteiger partial charge >= 0.3 is 5.97 Å². The Morgan fingerprint density at radius 1 is 1.24 bits per heavy atom. The van der Waals surface area contributed by atoms with Gasteiger partial charge in [-0.05, 0) is 56.4 Å². The topological polar surface area (TPSA) is 72.4 Å². The van der Waals surface area contributed by atoms with Gasteiger partial charge in [0.15, 0.2) is 6.29 Å². The number of esters is 1. The number of ether oxygens (including phenoxy) is 3. The Morgan fingerprint density at radius 3 is 2.65 bits per heavy atom. The zero-order chi connectivity index (χ0) is 24.2. The van der Waals surface area contributed by atoms with Crippen molar-refractivity contribution < 1.29 is 19.0 Å². The lowest BCUT2D eigenvalue weighted by Gasteiger charge is -2.29. The highest BCUT2D eigenvalue weighted by molar-refractivity contribution is 7.12. The zero-order valence-corrected chi connectivity index (χ0v) is 21.6. The third-order valence-electron chi connectivity index (χ3n) is 6.27. The molecule has 0 radical (unpaired) electrons. The summed E-state index contributed by atoms with van der Waals surface area (Å²) >= 11 is 8.30. The average molecular weight is 506 g/mol. The van der Waals surface area contributed by atoms with Gasteiger partial charge in [0.1, 0.15) is 0 Å². The van der Waals surface area contributed by atoms with Crippen molar-refractivity contribution in [3.63, 3.8) is 0 Å². The van der Waals surface area contributed by atoms with Crippen LogP contribution in [0.1, 0.15) is 65.5 Å². The number of carbonyl (C=O) groups is 1. The van der Waals surface area contributed by atoms with Crippen LogP contribution in [-0.2, 0) is 32.0 Å². The standard InChI is InChI=1S/C25H32ClN3O4S/c1-5-32-25(33-6-2)15(3)28-29-14-20-17-11-12-18(24(30)31-4)22(17)34-23(20)19(13-27-29)16-9-7-8-10-21(16)26/h7-10,13,15,18-19,25,28H,5-6,11-12,14H2,1-4H3. The molecule has 1 aliphatic carbocycles. The Balaban J connectivity index is 1.71. The van der Waals surface area contributed by atoms with Gasteiger partial charge in [-0.1, -0.05) is 29.8 Å². The molecule has 0 saturated carbocycles. The highest BCUT2D eigenvalue weighted by atomic mass is 35.5. The predicted octanol–water partition coefficient (Wildman–Crippen LogP) is 4.83. The van der Waals surface area contributed by atoms with Crippen LogP contribution in [0.5, 0.6) is 0 Å². The molecule has 3 atom stereocenters. The normalized spacial score (nSPS) is 20.2. The molecular weight excluding hydrogens is 474 g/mol. The van der Waals surface area contributed by atoms with E-state index in [1.54, 1.807) is 11.3 Å². The van der Waals surface area contributed by atoms with E-state index in [0.29, 0.717) is 24.8 Å². The Labute approximate surface area is 210 Å². The van der Waals surface area contributed by atoms with Crippen LogP contribution in [0, 0.1) is 0 Å². The fourth-order valence-electron chi connectivity index (χ4n) is 4.70. The number of thiophene rings is 1. The maximum Gasteiger partial charge on any atom is 0.313 e. The largest absolute Gasteiger partial charge is 0.469 e. The Morgan fingerprint density at radius 2 is 1.97 bits per heavy atom. The number of methoxy groups -OCH3 is 1. The number of nitrogens with zero attached hydrogens (tertiary/aromatic N) is 2. The number of fused-ring (bicyclic) bond motifs is 3. The van der Waals surface area contributed by atoms with Crippen LogP contribution in [0.2, 0.25) is 5.02 Å². The lowest BCUT2D eigenvalue weighted by molar-refractivity contribution is -0.160. The number of hydrazone groups is 1. The summed E-state index contributed by atoms with van der Waals surface area (Å²) in [6.07, 6.45) is 3.17. The first kappa shape index (κ1) is 25.1. The molecule has 1 N–H and O–H groups in total. The number of hydrazine groups is 1. The molecule has 0 bridgehead atoms. The van der Waals surface area contributed by atoms with E-state index in [2.05, 4.69) is 5.43 Å². The number of carbonyl (C=O) groups excluding carboxylic acids is 1. The van der Waals surface area contributed by atoms with Gasteiger partial charge in [0.2, 0.25) is 0 Å². The van der Waals surface area contributed by atoms with E-state index < -0.39 is 0 Å². The molecule has 0 spiro atoms. The maximum absolute atomic E-state index is 12.5. The predicted molar refractivity (Wildman–Crippen MR) is 134 cm³/mol. The zero-order valence-electron chi connectivity index (χ0n) is 20.0. The molecule has 2 aromatic rings. The highest BCUT2D eigenvalue weighted by Gasteiger charge is 2.38. The van der Waals surface area contributed by atoms with Crippen molar-refractivity contribution in [2.24, 2.45) is 5.10 Å². The van der Waals surface area contributed by atoms with Gasteiger partial charge in [0, 0.05) is 34.2 Å². The number of rotatable bonds is 9. The number of hydrogen-bond donors (Lipinski definition) is 1. The summed E-state index contributed by atoms with van der Waals surface area (Å²) < 4.78 is 16.6. The van der Waals surface area contributed by atoms with Crippen LogP contribution < -0.4 is 5.43 Å².